The lowest BCUT2D eigenvalue weighted by molar-refractivity contribution is -0.114. The first kappa shape index (κ1) is 20.5. The Morgan fingerprint density at radius 3 is 2.91 bits per heavy atom. The highest BCUT2D eigenvalue weighted by atomic mass is 35.5. The highest BCUT2D eigenvalue weighted by Crippen LogP contribution is 2.35. The lowest BCUT2D eigenvalue weighted by Gasteiger charge is -2.17. The fourth-order valence-electron chi connectivity index (χ4n) is 3.43. The monoisotopic (exact) mass is 463 g/mol. The number of hydrogen-bond acceptors (Lipinski definition) is 6. The highest BCUT2D eigenvalue weighted by molar-refractivity contribution is 7.22. The van der Waals surface area contributed by atoms with Crippen LogP contribution in [0.25, 0.3) is 16.3 Å². The van der Waals surface area contributed by atoms with E-state index in [1.807, 2.05) is 55.5 Å². The molecule has 1 amide bonds. The number of pyridine rings is 1. The normalized spacial score (nSPS) is 12.6. The number of benzene rings is 2. The van der Waals surface area contributed by atoms with Gasteiger partial charge in [-0.2, -0.15) is 0 Å². The number of aromatic nitrogens is 2. The number of amides is 1. The van der Waals surface area contributed by atoms with Gasteiger partial charge in [-0.15, -0.1) is 0 Å². The molecule has 160 valence electrons. The van der Waals surface area contributed by atoms with Gasteiger partial charge in [0.15, 0.2) is 16.6 Å². The quantitative estimate of drug-likeness (QED) is 0.359. The molecule has 4 aromatic rings. The van der Waals surface area contributed by atoms with E-state index in [0.717, 1.165) is 27.0 Å². The van der Waals surface area contributed by atoms with E-state index in [4.69, 9.17) is 26.1 Å². The molecule has 0 atom stereocenters. The van der Waals surface area contributed by atoms with Crippen LogP contribution < -0.4 is 14.4 Å². The average Bonchev–Trinajstić information content (AvgIpc) is 3.43. The maximum atomic E-state index is 13.3. The van der Waals surface area contributed by atoms with Crippen LogP contribution in [-0.4, -0.2) is 22.7 Å². The van der Waals surface area contributed by atoms with Crippen LogP contribution in [0.3, 0.4) is 0 Å². The van der Waals surface area contributed by atoms with Crippen molar-refractivity contribution in [2.45, 2.75) is 13.5 Å². The predicted molar refractivity (Wildman–Crippen MR) is 126 cm³/mol. The topological polar surface area (TPSA) is 64.6 Å². The van der Waals surface area contributed by atoms with Gasteiger partial charge in [0.1, 0.15) is 0 Å². The van der Waals surface area contributed by atoms with Crippen LogP contribution in [0.1, 0.15) is 16.8 Å². The van der Waals surface area contributed by atoms with E-state index >= 15 is 0 Å². The third kappa shape index (κ3) is 4.17. The van der Waals surface area contributed by atoms with Crippen molar-refractivity contribution in [1.82, 2.24) is 9.97 Å². The number of carbonyl (C=O) groups excluding carboxylic acids is 1. The Bertz CT molecular complexity index is 1340. The molecular weight excluding hydrogens is 446 g/mol. The van der Waals surface area contributed by atoms with Crippen molar-refractivity contribution in [3.05, 3.63) is 82.6 Å². The second-order valence-electron chi connectivity index (χ2n) is 7.26. The molecule has 5 rings (SSSR count). The van der Waals surface area contributed by atoms with Crippen molar-refractivity contribution < 1.29 is 14.3 Å². The first-order valence-corrected chi connectivity index (χ1v) is 11.1. The number of carbonyl (C=O) groups is 1. The molecule has 0 unspecified atom stereocenters. The number of rotatable bonds is 5. The molecule has 0 fully saturated rings. The molecule has 0 aliphatic carbocycles. The van der Waals surface area contributed by atoms with E-state index in [-0.39, 0.29) is 12.7 Å². The van der Waals surface area contributed by atoms with E-state index in [1.54, 1.807) is 17.2 Å². The van der Waals surface area contributed by atoms with Crippen LogP contribution in [-0.2, 0) is 11.3 Å². The van der Waals surface area contributed by atoms with Gasteiger partial charge in [0.2, 0.25) is 6.79 Å². The van der Waals surface area contributed by atoms with Crippen LogP contribution in [0.2, 0.25) is 5.02 Å². The van der Waals surface area contributed by atoms with Crippen molar-refractivity contribution in [2.75, 3.05) is 11.7 Å². The second-order valence-corrected chi connectivity index (χ2v) is 8.70. The van der Waals surface area contributed by atoms with Gasteiger partial charge < -0.3 is 9.47 Å². The molecule has 3 heterocycles. The Labute approximate surface area is 193 Å². The van der Waals surface area contributed by atoms with Gasteiger partial charge in [0, 0.05) is 17.3 Å². The summed E-state index contributed by atoms with van der Waals surface area (Å²) in [5.41, 5.74) is 3.42. The number of thiazole rings is 1. The Hall–Kier alpha value is -3.42. The molecule has 6 nitrogen and oxygen atoms in total. The van der Waals surface area contributed by atoms with Crippen LogP contribution in [0.15, 0.2) is 60.8 Å². The smallest absolute Gasteiger partial charge is 0.253 e. The summed E-state index contributed by atoms with van der Waals surface area (Å²) in [7, 11) is 0. The SMILES string of the molecule is Cc1cc(Cl)cc2sc(N(Cc3ccccn3)C(=O)/C=C/c3ccc4c(c3)OCO4)nc12. The standard InChI is InChI=1S/C24H18ClN3O3S/c1-15-10-17(25)12-21-23(15)27-24(32-21)28(13-18-4-2-3-9-26-18)22(29)8-6-16-5-7-19-20(11-16)31-14-30-19/h2-12H,13-14H2,1H3/b8-6+. The zero-order chi connectivity index (χ0) is 22.1. The molecule has 0 saturated heterocycles. The van der Waals surface area contributed by atoms with Crippen LogP contribution in [0.4, 0.5) is 5.13 Å². The molecule has 0 radical (unpaired) electrons. The number of anilines is 1. The number of ether oxygens (including phenoxy) is 2. The fourth-order valence-corrected chi connectivity index (χ4v) is 4.85. The second kappa shape index (κ2) is 8.61. The van der Waals surface area contributed by atoms with E-state index in [2.05, 4.69) is 4.98 Å². The summed E-state index contributed by atoms with van der Waals surface area (Å²) < 4.78 is 11.7. The maximum absolute atomic E-state index is 13.3. The minimum atomic E-state index is -0.198. The van der Waals surface area contributed by atoms with Gasteiger partial charge in [0.05, 0.1) is 22.5 Å². The molecule has 0 spiro atoms. The van der Waals surface area contributed by atoms with Crippen molar-refractivity contribution in [3.8, 4) is 11.5 Å². The summed E-state index contributed by atoms with van der Waals surface area (Å²) in [6, 6.07) is 14.9. The minimum Gasteiger partial charge on any atom is -0.454 e. The zero-order valence-corrected chi connectivity index (χ0v) is 18.7. The zero-order valence-electron chi connectivity index (χ0n) is 17.1. The van der Waals surface area contributed by atoms with Gasteiger partial charge in [-0.25, -0.2) is 4.98 Å². The number of aryl methyl sites for hydroxylation is 1. The van der Waals surface area contributed by atoms with Gasteiger partial charge in [-0.3, -0.25) is 14.7 Å². The van der Waals surface area contributed by atoms with Crippen LogP contribution >= 0.6 is 22.9 Å². The molecular formula is C24H18ClN3O3S. The largest absolute Gasteiger partial charge is 0.454 e. The predicted octanol–water partition coefficient (Wildman–Crippen LogP) is 5.63. The molecule has 0 saturated carbocycles. The van der Waals surface area contributed by atoms with E-state index in [1.165, 1.54) is 17.4 Å². The number of nitrogens with zero attached hydrogens (tertiary/aromatic N) is 3. The fraction of sp³-hybridized carbons (Fsp3) is 0.125. The van der Waals surface area contributed by atoms with Crippen LogP contribution in [0.5, 0.6) is 11.5 Å². The lowest BCUT2D eigenvalue weighted by atomic mass is 10.2. The first-order chi connectivity index (χ1) is 15.6. The minimum absolute atomic E-state index is 0.198. The molecule has 1 aliphatic rings. The summed E-state index contributed by atoms with van der Waals surface area (Å²) in [6.45, 7) is 2.47. The first-order valence-electron chi connectivity index (χ1n) is 9.93. The molecule has 2 aromatic carbocycles. The van der Waals surface area contributed by atoms with Crippen molar-refractivity contribution in [1.29, 1.82) is 0 Å². The number of hydrogen-bond donors (Lipinski definition) is 0. The molecule has 32 heavy (non-hydrogen) atoms. The van der Waals surface area contributed by atoms with Crippen molar-refractivity contribution >= 4 is 50.3 Å². The van der Waals surface area contributed by atoms with Crippen molar-refractivity contribution in [3.63, 3.8) is 0 Å². The van der Waals surface area contributed by atoms with E-state index < -0.39 is 0 Å². The maximum Gasteiger partial charge on any atom is 0.253 e. The molecule has 2 aromatic heterocycles. The third-order valence-corrected chi connectivity index (χ3v) is 6.24. The summed E-state index contributed by atoms with van der Waals surface area (Å²) in [6.07, 6.45) is 5.00. The van der Waals surface area contributed by atoms with Gasteiger partial charge in [0.25, 0.3) is 5.91 Å². The van der Waals surface area contributed by atoms with E-state index in [9.17, 15) is 4.79 Å². The summed E-state index contributed by atoms with van der Waals surface area (Å²) in [5.74, 6) is 1.17. The van der Waals surface area contributed by atoms with Gasteiger partial charge in [-0.1, -0.05) is 35.1 Å². The molecule has 0 N–H and O–H groups in total. The Balaban J connectivity index is 1.48. The number of fused-ring (bicyclic) bond motifs is 2. The van der Waals surface area contributed by atoms with E-state index in [0.29, 0.717) is 28.2 Å². The van der Waals surface area contributed by atoms with Crippen LogP contribution in [0, 0.1) is 6.92 Å². The Morgan fingerprint density at radius 1 is 1.19 bits per heavy atom. The van der Waals surface area contributed by atoms with Gasteiger partial charge >= 0.3 is 0 Å². The summed E-state index contributed by atoms with van der Waals surface area (Å²) in [5, 5.41) is 1.24. The lowest BCUT2D eigenvalue weighted by Crippen LogP contribution is -2.29. The highest BCUT2D eigenvalue weighted by Gasteiger charge is 2.20. The van der Waals surface area contributed by atoms with Gasteiger partial charge in [-0.05, 0) is 60.5 Å². The summed E-state index contributed by atoms with van der Waals surface area (Å²) in [4.78, 5) is 24.0. The molecule has 1 aliphatic heterocycles. The molecule has 0 bridgehead atoms. The summed E-state index contributed by atoms with van der Waals surface area (Å²) >= 11 is 7.65. The number of halogens is 1. The Kier molecular flexibility index (Phi) is 5.51. The Morgan fingerprint density at radius 2 is 2.06 bits per heavy atom. The van der Waals surface area contributed by atoms with Crippen molar-refractivity contribution in [2.24, 2.45) is 0 Å². The third-order valence-electron chi connectivity index (χ3n) is 5.00. The molecule has 8 heteroatoms. The average molecular weight is 464 g/mol.